The molecule has 8 heteroatoms. The fourth-order valence-corrected chi connectivity index (χ4v) is 3.55. The van der Waals surface area contributed by atoms with Crippen LogP contribution in [0.3, 0.4) is 0 Å². The van der Waals surface area contributed by atoms with Crippen molar-refractivity contribution in [3.8, 4) is 11.3 Å². The number of thiazole rings is 1. The largest absolute Gasteiger partial charge is 0.397 e. The van der Waals surface area contributed by atoms with Gasteiger partial charge in [-0.1, -0.05) is 11.3 Å². The predicted molar refractivity (Wildman–Crippen MR) is 88.0 cm³/mol. The van der Waals surface area contributed by atoms with Gasteiger partial charge in [0.25, 0.3) is 0 Å². The molecule has 4 rings (SSSR count). The van der Waals surface area contributed by atoms with Crippen molar-refractivity contribution in [2.75, 3.05) is 36.9 Å². The number of ether oxygens (including phenoxy) is 1. The van der Waals surface area contributed by atoms with Gasteiger partial charge in [0.05, 0.1) is 29.3 Å². The van der Waals surface area contributed by atoms with Crippen LogP contribution >= 0.6 is 11.3 Å². The Morgan fingerprint density at radius 2 is 2.04 bits per heavy atom. The Morgan fingerprint density at radius 3 is 2.83 bits per heavy atom. The van der Waals surface area contributed by atoms with Crippen LogP contribution in [0.15, 0.2) is 24.4 Å². The fourth-order valence-electron chi connectivity index (χ4n) is 2.54. The number of nitrogens with two attached hydrogens (primary N) is 1. The number of aromatic nitrogens is 3. The van der Waals surface area contributed by atoms with Gasteiger partial charge in [0.1, 0.15) is 0 Å². The van der Waals surface area contributed by atoms with E-state index in [-0.39, 0.29) is 0 Å². The number of nitrogens with zero attached hydrogens (tertiary/aromatic N) is 4. The lowest BCUT2D eigenvalue weighted by molar-refractivity contribution is 0.122. The van der Waals surface area contributed by atoms with Crippen LogP contribution in [-0.4, -0.2) is 41.3 Å². The third kappa shape index (κ3) is 2.71. The predicted octanol–water partition coefficient (Wildman–Crippen LogP) is 2.31. The Balaban J connectivity index is 1.77. The summed E-state index contributed by atoms with van der Waals surface area (Å²) >= 11 is 1.56. The van der Waals surface area contributed by atoms with Crippen LogP contribution in [0.25, 0.3) is 21.6 Å². The van der Waals surface area contributed by atoms with Gasteiger partial charge in [-0.3, -0.25) is 0 Å². The molecule has 0 bridgehead atoms. The molecule has 0 aromatic carbocycles. The minimum atomic E-state index is -0.559. The van der Waals surface area contributed by atoms with Crippen LogP contribution in [0.2, 0.25) is 0 Å². The summed E-state index contributed by atoms with van der Waals surface area (Å²) in [5, 5.41) is 0.910. The van der Waals surface area contributed by atoms with Crippen molar-refractivity contribution in [1.29, 1.82) is 0 Å². The first-order valence-corrected chi connectivity index (χ1v) is 8.04. The van der Waals surface area contributed by atoms with Crippen LogP contribution < -0.4 is 10.6 Å². The summed E-state index contributed by atoms with van der Waals surface area (Å²) in [6, 6.07) is 4.85. The molecule has 2 N–H and O–H groups in total. The van der Waals surface area contributed by atoms with E-state index < -0.39 is 5.95 Å². The van der Waals surface area contributed by atoms with Crippen molar-refractivity contribution in [2.45, 2.75) is 0 Å². The van der Waals surface area contributed by atoms with Crippen molar-refractivity contribution < 1.29 is 9.13 Å². The molecular formula is C15H14FN5OS. The molecule has 3 aromatic heterocycles. The third-order valence-electron chi connectivity index (χ3n) is 3.68. The molecule has 0 radical (unpaired) electrons. The van der Waals surface area contributed by atoms with E-state index in [0.717, 1.165) is 22.9 Å². The molecule has 118 valence electrons. The van der Waals surface area contributed by atoms with E-state index in [1.54, 1.807) is 17.4 Å². The summed E-state index contributed by atoms with van der Waals surface area (Å²) in [6.45, 7) is 3.04. The molecule has 0 amide bonds. The van der Waals surface area contributed by atoms with Crippen molar-refractivity contribution in [1.82, 2.24) is 15.0 Å². The minimum Gasteiger partial charge on any atom is -0.397 e. The number of hydrogen-bond donors (Lipinski definition) is 1. The molecule has 0 saturated carbocycles. The number of hydrogen-bond acceptors (Lipinski definition) is 7. The number of nitrogen functional groups attached to an aromatic ring is 1. The van der Waals surface area contributed by atoms with Gasteiger partial charge < -0.3 is 15.4 Å². The summed E-state index contributed by atoms with van der Waals surface area (Å²) in [5.74, 6) is -0.559. The summed E-state index contributed by atoms with van der Waals surface area (Å²) < 4.78 is 19.6. The van der Waals surface area contributed by atoms with Crippen molar-refractivity contribution in [3.05, 3.63) is 30.3 Å². The van der Waals surface area contributed by atoms with Gasteiger partial charge in [-0.15, -0.1) is 0 Å². The molecule has 0 spiro atoms. The molecule has 1 saturated heterocycles. The standard InChI is InChI=1S/C15H14FN5OS/c16-12-7-9(1-2-18-12)13-10(17)8-11-14(19-13)20-15(23-11)21-3-5-22-6-4-21/h1-2,7-8H,3-6,17H2. The molecule has 3 aromatic rings. The zero-order chi connectivity index (χ0) is 15.8. The Morgan fingerprint density at radius 1 is 1.22 bits per heavy atom. The second kappa shape index (κ2) is 5.71. The smallest absolute Gasteiger partial charge is 0.213 e. The first-order valence-electron chi connectivity index (χ1n) is 7.22. The zero-order valence-corrected chi connectivity index (χ0v) is 13.0. The quantitative estimate of drug-likeness (QED) is 0.726. The van der Waals surface area contributed by atoms with Crippen LogP contribution in [0.5, 0.6) is 0 Å². The van der Waals surface area contributed by atoms with E-state index in [9.17, 15) is 4.39 Å². The molecular weight excluding hydrogens is 317 g/mol. The third-order valence-corrected chi connectivity index (χ3v) is 4.73. The lowest BCUT2D eigenvalue weighted by atomic mass is 10.1. The van der Waals surface area contributed by atoms with Gasteiger partial charge in [0.15, 0.2) is 10.8 Å². The number of pyridine rings is 2. The van der Waals surface area contributed by atoms with Gasteiger partial charge in [-0.25, -0.2) is 9.97 Å². The summed E-state index contributed by atoms with van der Waals surface area (Å²) in [6.07, 6.45) is 1.40. The van der Waals surface area contributed by atoms with E-state index in [0.29, 0.717) is 35.8 Å². The lowest BCUT2D eigenvalue weighted by Gasteiger charge is -2.25. The van der Waals surface area contributed by atoms with Crippen molar-refractivity contribution >= 4 is 32.5 Å². The number of rotatable bonds is 2. The summed E-state index contributed by atoms with van der Waals surface area (Å²) in [4.78, 5) is 14.9. The van der Waals surface area contributed by atoms with Gasteiger partial charge >= 0.3 is 0 Å². The molecule has 4 heterocycles. The second-order valence-corrected chi connectivity index (χ2v) is 6.22. The average Bonchev–Trinajstić information content (AvgIpc) is 2.97. The SMILES string of the molecule is Nc1cc2sc(N3CCOCC3)nc2nc1-c1ccnc(F)c1. The fraction of sp³-hybridized carbons (Fsp3) is 0.267. The van der Waals surface area contributed by atoms with Gasteiger partial charge in [-0.2, -0.15) is 9.37 Å². The van der Waals surface area contributed by atoms with E-state index in [1.807, 2.05) is 6.07 Å². The molecule has 23 heavy (non-hydrogen) atoms. The molecule has 0 aliphatic carbocycles. The van der Waals surface area contributed by atoms with Crippen molar-refractivity contribution in [2.24, 2.45) is 0 Å². The maximum atomic E-state index is 13.3. The topological polar surface area (TPSA) is 77.2 Å². The molecule has 1 aliphatic heterocycles. The van der Waals surface area contributed by atoms with E-state index >= 15 is 0 Å². The van der Waals surface area contributed by atoms with Gasteiger partial charge in [0.2, 0.25) is 5.95 Å². The molecule has 6 nitrogen and oxygen atoms in total. The van der Waals surface area contributed by atoms with E-state index in [1.165, 1.54) is 12.3 Å². The normalized spacial score (nSPS) is 15.3. The first-order chi connectivity index (χ1) is 11.2. The van der Waals surface area contributed by atoms with E-state index in [2.05, 4.69) is 19.9 Å². The van der Waals surface area contributed by atoms with Crippen molar-refractivity contribution in [3.63, 3.8) is 0 Å². The average molecular weight is 331 g/mol. The highest BCUT2D eigenvalue weighted by molar-refractivity contribution is 7.22. The molecule has 1 aliphatic rings. The monoisotopic (exact) mass is 331 g/mol. The molecule has 0 atom stereocenters. The number of halogens is 1. The minimum absolute atomic E-state index is 0.500. The van der Waals surface area contributed by atoms with Gasteiger partial charge in [0, 0.05) is 30.9 Å². The highest BCUT2D eigenvalue weighted by Crippen LogP contribution is 2.33. The van der Waals surface area contributed by atoms with E-state index in [4.69, 9.17) is 10.5 Å². The highest BCUT2D eigenvalue weighted by Gasteiger charge is 2.17. The Bertz CT molecular complexity index is 862. The maximum absolute atomic E-state index is 13.3. The summed E-state index contributed by atoms with van der Waals surface area (Å²) in [7, 11) is 0. The lowest BCUT2D eigenvalue weighted by Crippen LogP contribution is -2.36. The Labute approximate surface area is 135 Å². The molecule has 1 fully saturated rings. The zero-order valence-electron chi connectivity index (χ0n) is 12.2. The van der Waals surface area contributed by atoms with Crippen LogP contribution in [0.4, 0.5) is 15.2 Å². The van der Waals surface area contributed by atoms with Crippen LogP contribution in [0.1, 0.15) is 0 Å². The van der Waals surface area contributed by atoms with Crippen LogP contribution in [-0.2, 0) is 4.74 Å². The summed E-state index contributed by atoms with van der Waals surface area (Å²) in [5.41, 5.74) is 8.34. The van der Waals surface area contributed by atoms with Crippen LogP contribution in [0, 0.1) is 5.95 Å². The van der Waals surface area contributed by atoms with Gasteiger partial charge in [-0.05, 0) is 12.1 Å². The Hall–Kier alpha value is -2.32. The number of fused-ring (bicyclic) bond motifs is 1. The number of morpholine rings is 1. The molecule has 0 unspecified atom stereocenters. The number of anilines is 2. The first kappa shape index (κ1) is 14.3. The second-order valence-electron chi connectivity index (χ2n) is 5.21. The highest BCUT2D eigenvalue weighted by atomic mass is 32.1. The maximum Gasteiger partial charge on any atom is 0.213 e. The Kier molecular flexibility index (Phi) is 3.55.